The Kier molecular flexibility index (Phi) is 5.54. The van der Waals surface area contributed by atoms with Gasteiger partial charge in [0, 0.05) is 30.7 Å². The molecule has 0 aliphatic heterocycles. The summed E-state index contributed by atoms with van der Waals surface area (Å²) in [5.41, 5.74) is 2.19. The Hall–Kier alpha value is -3.15. The van der Waals surface area contributed by atoms with Gasteiger partial charge in [0.15, 0.2) is 12.4 Å². The molecule has 140 valence electrons. The van der Waals surface area contributed by atoms with Crippen molar-refractivity contribution in [1.29, 1.82) is 0 Å². The van der Waals surface area contributed by atoms with E-state index in [1.165, 1.54) is 5.56 Å². The maximum absolute atomic E-state index is 12.1. The molecule has 0 aliphatic rings. The molecular formula is C21H24N4O2. The van der Waals surface area contributed by atoms with Crippen LogP contribution in [0, 0.1) is 0 Å². The molecule has 0 fully saturated rings. The molecule has 2 aromatic heterocycles. The van der Waals surface area contributed by atoms with Crippen LogP contribution in [-0.4, -0.2) is 27.3 Å². The third-order valence-corrected chi connectivity index (χ3v) is 4.16. The number of ether oxygens (including phenoxy) is 1. The van der Waals surface area contributed by atoms with Crippen LogP contribution < -0.4 is 10.1 Å². The van der Waals surface area contributed by atoms with Crippen LogP contribution in [0.3, 0.4) is 0 Å². The zero-order valence-electron chi connectivity index (χ0n) is 15.8. The smallest absolute Gasteiger partial charge is 0.258 e. The summed E-state index contributed by atoms with van der Waals surface area (Å²) in [7, 11) is 0. The normalized spacial score (nSPS) is 11.2. The first-order valence-corrected chi connectivity index (χ1v) is 8.87. The summed E-state index contributed by atoms with van der Waals surface area (Å²) in [6, 6.07) is 13.4. The first kappa shape index (κ1) is 18.6. The fraction of sp³-hybridized carbons (Fsp3) is 0.286. The molecule has 3 aromatic rings. The van der Waals surface area contributed by atoms with Crippen molar-refractivity contribution in [3.05, 3.63) is 72.2 Å². The number of nitrogens with zero attached hydrogens (tertiary/aromatic N) is 3. The molecule has 0 saturated heterocycles. The van der Waals surface area contributed by atoms with Gasteiger partial charge in [-0.3, -0.25) is 4.79 Å². The van der Waals surface area contributed by atoms with Crippen LogP contribution in [-0.2, 0) is 16.8 Å². The van der Waals surface area contributed by atoms with Crippen molar-refractivity contribution in [2.75, 3.05) is 6.61 Å². The maximum Gasteiger partial charge on any atom is 0.258 e. The molecule has 27 heavy (non-hydrogen) atoms. The lowest BCUT2D eigenvalue weighted by Gasteiger charge is -2.19. The van der Waals surface area contributed by atoms with E-state index in [1.54, 1.807) is 17.1 Å². The van der Waals surface area contributed by atoms with Crippen molar-refractivity contribution >= 4 is 5.91 Å². The van der Waals surface area contributed by atoms with Crippen molar-refractivity contribution in [3.8, 4) is 11.6 Å². The van der Waals surface area contributed by atoms with Crippen molar-refractivity contribution in [3.63, 3.8) is 0 Å². The van der Waals surface area contributed by atoms with Gasteiger partial charge in [0.25, 0.3) is 5.91 Å². The van der Waals surface area contributed by atoms with Gasteiger partial charge in [-0.15, -0.1) is 0 Å². The van der Waals surface area contributed by atoms with Gasteiger partial charge in [0.05, 0.1) is 0 Å². The molecule has 6 nitrogen and oxygen atoms in total. The zero-order chi connectivity index (χ0) is 19.3. The minimum Gasteiger partial charge on any atom is -0.484 e. The highest BCUT2D eigenvalue weighted by molar-refractivity contribution is 5.77. The number of carbonyl (C=O) groups is 1. The number of nitrogens with one attached hydrogen (secondary N) is 1. The maximum atomic E-state index is 12.1. The number of rotatable bonds is 6. The van der Waals surface area contributed by atoms with E-state index in [-0.39, 0.29) is 17.9 Å². The van der Waals surface area contributed by atoms with E-state index in [9.17, 15) is 4.79 Å². The molecule has 3 rings (SSSR count). The van der Waals surface area contributed by atoms with Crippen LogP contribution in [0.5, 0.6) is 5.75 Å². The Balaban J connectivity index is 1.54. The van der Waals surface area contributed by atoms with Crippen molar-refractivity contribution < 1.29 is 9.53 Å². The van der Waals surface area contributed by atoms with Gasteiger partial charge in [0.1, 0.15) is 5.75 Å². The Labute approximate surface area is 159 Å². The van der Waals surface area contributed by atoms with E-state index < -0.39 is 0 Å². The molecule has 2 heterocycles. The van der Waals surface area contributed by atoms with Crippen LogP contribution in [0.25, 0.3) is 5.82 Å². The second-order valence-corrected chi connectivity index (χ2v) is 7.28. The second-order valence-electron chi connectivity index (χ2n) is 7.28. The average Bonchev–Trinajstić information content (AvgIpc) is 3.19. The van der Waals surface area contributed by atoms with Gasteiger partial charge in [-0.2, -0.15) is 5.10 Å². The minimum atomic E-state index is -0.190. The number of pyridine rings is 1. The van der Waals surface area contributed by atoms with Gasteiger partial charge in [0.2, 0.25) is 0 Å². The predicted molar refractivity (Wildman–Crippen MR) is 104 cm³/mol. The van der Waals surface area contributed by atoms with Crippen LogP contribution in [0.4, 0.5) is 0 Å². The number of benzene rings is 1. The molecule has 1 amide bonds. The molecule has 6 heteroatoms. The summed E-state index contributed by atoms with van der Waals surface area (Å²) < 4.78 is 7.26. The van der Waals surface area contributed by atoms with Gasteiger partial charge in [-0.1, -0.05) is 39.0 Å². The molecule has 0 unspecified atom stereocenters. The van der Waals surface area contributed by atoms with E-state index in [1.807, 2.05) is 48.7 Å². The highest BCUT2D eigenvalue weighted by atomic mass is 16.5. The summed E-state index contributed by atoms with van der Waals surface area (Å²) in [5.74, 6) is 1.18. The Bertz CT molecular complexity index is 881. The first-order valence-electron chi connectivity index (χ1n) is 8.87. The summed E-state index contributed by atoms with van der Waals surface area (Å²) in [4.78, 5) is 16.5. The Morgan fingerprint density at radius 2 is 1.89 bits per heavy atom. The fourth-order valence-corrected chi connectivity index (χ4v) is 2.61. The van der Waals surface area contributed by atoms with Gasteiger partial charge in [-0.25, -0.2) is 9.67 Å². The topological polar surface area (TPSA) is 69.0 Å². The number of aromatic nitrogens is 3. The fourth-order valence-electron chi connectivity index (χ4n) is 2.61. The molecule has 0 atom stereocenters. The molecule has 0 radical (unpaired) electrons. The van der Waals surface area contributed by atoms with Gasteiger partial charge >= 0.3 is 0 Å². The van der Waals surface area contributed by atoms with E-state index in [2.05, 4.69) is 36.2 Å². The summed E-state index contributed by atoms with van der Waals surface area (Å²) in [6.45, 7) is 6.80. The predicted octanol–water partition coefficient (Wildman–Crippen LogP) is 3.26. The van der Waals surface area contributed by atoms with E-state index in [0.29, 0.717) is 18.1 Å². The molecule has 0 bridgehead atoms. The van der Waals surface area contributed by atoms with Crippen LogP contribution >= 0.6 is 0 Å². The van der Waals surface area contributed by atoms with Crippen LogP contribution in [0.15, 0.2) is 61.1 Å². The highest BCUT2D eigenvalue weighted by Gasteiger charge is 2.13. The van der Waals surface area contributed by atoms with Crippen LogP contribution in [0.2, 0.25) is 0 Å². The summed E-state index contributed by atoms with van der Waals surface area (Å²) in [6.07, 6.45) is 5.21. The summed E-state index contributed by atoms with van der Waals surface area (Å²) in [5, 5.41) is 7.05. The molecule has 0 spiro atoms. The first-order chi connectivity index (χ1) is 12.9. The Morgan fingerprint density at radius 1 is 1.11 bits per heavy atom. The van der Waals surface area contributed by atoms with Crippen LogP contribution in [0.1, 0.15) is 31.9 Å². The quantitative estimate of drug-likeness (QED) is 0.729. The number of hydrogen-bond donors (Lipinski definition) is 1. The SMILES string of the molecule is CC(C)(C)c1ccc(OCC(=O)NCc2cccnc2-n2cccn2)cc1. The average molecular weight is 364 g/mol. The lowest BCUT2D eigenvalue weighted by molar-refractivity contribution is -0.123. The molecule has 0 aliphatic carbocycles. The van der Waals surface area contributed by atoms with Gasteiger partial charge in [-0.05, 0) is 35.2 Å². The van der Waals surface area contributed by atoms with Crippen molar-refractivity contribution in [1.82, 2.24) is 20.1 Å². The van der Waals surface area contributed by atoms with Crippen molar-refractivity contribution in [2.24, 2.45) is 0 Å². The van der Waals surface area contributed by atoms with Gasteiger partial charge < -0.3 is 10.1 Å². The second kappa shape index (κ2) is 8.03. The third kappa shape index (κ3) is 4.94. The monoisotopic (exact) mass is 364 g/mol. The molecule has 1 N–H and O–H groups in total. The molecule has 0 saturated carbocycles. The standard InChI is InChI=1S/C21H24N4O2/c1-21(2,3)17-7-9-18(10-8-17)27-15-19(26)23-14-16-6-4-11-22-20(16)25-13-5-12-24-25/h4-13H,14-15H2,1-3H3,(H,23,26). The lowest BCUT2D eigenvalue weighted by atomic mass is 9.87. The van der Waals surface area contributed by atoms with E-state index >= 15 is 0 Å². The van der Waals surface area contributed by atoms with E-state index in [4.69, 9.17) is 4.74 Å². The Morgan fingerprint density at radius 3 is 2.56 bits per heavy atom. The minimum absolute atomic E-state index is 0.0355. The molecular weight excluding hydrogens is 340 g/mol. The molecule has 1 aromatic carbocycles. The highest BCUT2D eigenvalue weighted by Crippen LogP contribution is 2.24. The third-order valence-electron chi connectivity index (χ3n) is 4.16. The number of carbonyl (C=O) groups excluding carboxylic acids is 1. The zero-order valence-corrected chi connectivity index (χ0v) is 15.8. The number of hydrogen-bond acceptors (Lipinski definition) is 4. The lowest BCUT2D eigenvalue weighted by Crippen LogP contribution is -2.29. The summed E-state index contributed by atoms with van der Waals surface area (Å²) >= 11 is 0. The van der Waals surface area contributed by atoms with E-state index in [0.717, 1.165) is 5.56 Å². The number of amides is 1. The largest absolute Gasteiger partial charge is 0.484 e. The van der Waals surface area contributed by atoms with Crippen molar-refractivity contribution in [2.45, 2.75) is 32.7 Å².